The fraction of sp³-hybridized carbons (Fsp3) is 0.500. The molecule has 0 aromatic heterocycles. The van der Waals surface area contributed by atoms with Crippen LogP contribution in [0.3, 0.4) is 0 Å². The van der Waals surface area contributed by atoms with Crippen LogP contribution in [0.1, 0.15) is 36.5 Å². The predicted molar refractivity (Wildman–Crippen MR) is 56.3 cm³/mol. The largest absolute Gasteiger partial charge is 0.416 e. The van der Waals surface area contributed by atoms with Gasteiger partial charge in [-0.1, -0.05) is 12.1 Å². The Bertz CT molecular complexity index is 392. The maximum Gasteiger partial charge on any atom is 0.416 e. The Balaban J connectivity index is 2.56. The van der Waals surface area contributed by atoms with Gasteiger partial charge in [0, 0.05) is 6.42 Å². The average Bonchev–Trinajstić information content (AvgIpc) is 2.26. The Kier molecular flexibility index (Phi) is 4.84. The molecule has 1 rings (SSSR count). The minimum atomic E-state index is -4.47. The fourth-order valence-electron chi connectivity index (χ4n) is 1.56. The third-order valence-corrected chi connectivity index (χ3v) is 2.56. The lowest BCUT2D eigenvalue weighted by atomic mass is 10.0. The molecule has 0 aliphatic rings. The zero-order chi connectivity index (χ0) is 14.7. The van der Waals surface area contributed by atoms with E-state index in [1.807, 2.05) is 0 Å². The van der Waals surface area contributed by atoms with Gasteiger partial charge >= 0.3 is 12.4 Å². The summed E-state index contributed by atoms with van der Waals surface area (Å²) in [5.41, 5.74) is -0.686. The molecule has 7 heteroatoms. The molecule has 0 aliphatic carbocycles. The molecule has 0 saturated carbocycles. The van der Waals surface area contributed by atoms with Crippen molar-refractivity contribution in [3.05, 3.63) is 35.4 Å². The Morgan fingerprint density at radius 1 is 0.947 bits per heavy atom. The number of hydrogen-bond donors (Lipinski definition) is 1. The molecule has 0 fully saturated rings. The van der Waals surface area contributed by atoms with E-state index in [-0.39, 0.29) is 18.4 Å². The average molecular weight is 286 g/mol. The topological polar surface area (TPSA) is 20.2 Å². The molecule has 0 aliphatic heterocycles. The van der Waals surface area contributed by atoms with E-state index in [0.29, 0.717) is 0 Å². The van der Waals surface area contributed by atoms with Crippen LogP contribution in [0.25, 0.3) is 0 Å². The standard InChI is InChI=1S/C12H12F6O/c13-11(14,15)7-1-2-10(19)8-3-5-9(6-4-8)12(16,17)18/h3-6,10,19H,1-2,7H2. The van der Waals surface area contributed by atoms with Crippen LogP contribution >= 0.6 is 0 Å². The van der Waals surface area contributed by atoms with Gasteiger partial charge in [-0.2, -0.15) is 26.3 Å². The van der Waals surface area contributed by atoms with Crippen molar-refractivity contribution < 1.29 is 31.4 Å². The second-order valence-corrected chi connectivity index (χ2v) is 4.14. The summed E-state index contributed by atoms with van der Waals surface area (Å²) >= 11 is 0. The van der Waals surface area contributed by atoms with Crippen LogP contribution in [0.2, 0.25) is 0 Å². The highest BCUT2D eigenvalue weighted by atomic mass is 19.4. The first-order valence-corrected chi connectivity index (χ1v) is 5.51. The van der Waals surface area contributed by atoms with Gasteiger partial charge in [-0.25, -0.2) is 0 Å². The molecule has 0 radical (unpaired) electrons. The van der Waals surface area contributed by atoms with Gasteiger partial charge in [0.2, 0.25) is 0 Å². The number of benzene rings is 1. The lowest BCUT2D eigenvalue weighted by molar-refractivity contribution is -0.138. The number of hydrogen-bond acceptors (Lipinski definition) is 1. The van der Waals surface area contributed by atoms with Gasteiger partial charge in [0.1, 0.15) is 0 Å². The summed E-state index contributed by atoms with van der Waals surface area (Å²) in [7, 11) is 0. The number of aliphatic hydroxyl groups is 1. The van der Waals surface area contributed by atoms with E-state index in [0.717, 1.165) is 24.3 Å². The van der Waals surface area contributed by atoms with Crippen molar-refractivity contribution in [3.63, 3.8) is 0 Å². The van der Waals surface area contributed by atoms with Crippen molar-refractivity contribution in [2.75, 3.05) is 0 Å². The van der Waals surface area contributed by atoms with Gasteiger partial charge < -0.3 is 5.11 Å². The Morgan fingerprint density at radius 3 is 1.89 bits per heavy atom. The van der Waals surface area contributed by atoms with Crippen LogP contribution in [0.15, 0.2) is 24.3 Å². The number of halogens is 6. The third-order valence-electron chi connectivity index (χ3n) is 2.56. The molecule has 1 atom stereocenters. The summed E-state index contributed by atoms with van der Waals surface area (Å²) in [6.07, 6.45) is -11.4. The second-order valence-electron chi connectivity index (χ2n) is 4.14. The summed E-state index contributed by atoms with van der Waals surface area (Å²) in [4.78, 5) is 0. The molecule has 1 aromatic rings. The maximum atomic E-state index is 12.3. The molecular formula is C12H12F6O. The molecule has 0 spiro atoms. The van der Waals surface area contributed by atoms with Crippen molar-refractivity contribution in [1.29, 1.82) is 0 Å². The van der Waals surface area contributed by atoms with Crippen molar-refractivity contribution in [3.8, 4) is 0 Å². The molecule has 0 amide bonds. The Morgan fingerprint density at radius 2 is 1.47 bits per heavy atom. The van der Waals surface area contributed by atoms with Gasteiger partial charge in [-0.05, 0) is 30.5 Å². The lowest BCUT2D eigenvalue weighted by Crippen LogP contribution is -2.08. The van der Waals surface area contributed by atoms with E-state index < -0.39 is 30.4 Å². The Labute approximate surface area is 105 Å². The predicted octanol–water partition coefficient (Wildman–Crippen LogP) is 4.47. The van der Waals surface area contributed by atoms with E-state index in [1.165, 1.54) is 0 Å². The van der Waals surface area contributed by atoms with Crippen LogP contribution in [-0.2, 0) is 6.18 Å². The normalized spacial score (nSPS) is 14.5. The highest BCUT2D eigenvalue weighted by molar-refractivity contribution is 5.25. The van der Waals surface area contributed by atoms with Crippen molar-refractivity contribution >= 4 is 0 Å². The molecule has 1 unspecified atom stereocenters. The fourth-order valence-corrected chi connectivity index (χ4v) is 1.56. The van der Waals surface area contributed by atoms with Crippen molar-refractivity contribution in [2.24, 2.45) is 0 Å². The number of alkyl halides is 6. The van der Waals surface area contributed by atoms with Crippen molar-refractivity contribution in [2.45, 2.75) is 37.7 Å². The third kappa shape index (κ3) is 5.50. The van der Waals surface area contributed by atoms with Gasteiger partial charge in [0.05, 0.1) is 11.7 Å². The quantitative estimate of drug-likeness (QED) is 0.809. The maximum absolute atomic E-state index is 12.3. The molecule has 1 aromatic carbocycles. The summed E-state index contributed by atoms with van der Waals surface area (Å²) in [5, 5.41) is 9.56. The molecule has 1 nitrogen and oxygen atoms in total. The summed E-state index contributed by atoms with van der Waals surface area (Å²) in [6.45, 7) is 0. The number of rotatable bonds is 4. The van der Waals surface area contributed by atoms with Crippen LogP contribution in [0.4, 0.5) is 26.3 Å². The second kappa shape index (κ2) is 5.81. The van der Waals surface area contributed by atoms with Gasteiger partial charge in [0.15, 0.2) is 0 Å². The smallest absolute Gasteiger partial charge is 0.388 e. The highest BCUT2D eigenvalue weighted by Gasteiger charge is 2.30. The van der Waals surface area contributed by atoms with E-state index in [2.05, 4.69) is 0 Å². The van der Waals surface area contributed by atoms with E-state index in [1.54, 1.807) is 0 Å². The molecule has 0 heterocycles. The molecule has 1 N–H and O–H groups in total. The van der Waals surface area contributed by atoms with Gasteiger partial charge in [-0.15, -0.1) is 0 Å². The van der Waals surface area contributed by atoms with Gasteiger partial charge in [-0.3, -0.25) is 0 Å². The minimum absolute atomic E-state index is 0.148. The van der Waals surface area contributed by atoms with Crippen LogP contribution in [0, 0.1) is 0 Å². The summed E-state index contributed by atoms with van der Waals surface area (Å²) in [6, 6.07) is 3.73. The monoisotopic (exact) mass is 286 g/mol. The summed E-state index contributed by atoms with van der Waals surface area (Å²) < 4.78 is 72.5. The first-order chi connectivity index (χ1) is 8.59. The SMILES string of the molecule is OC(CCCC(F)(F)F)c1ccc(C(F)(F)F)cc1. The van der Waals surface area contributed by atoms with E-state index in [9.17, 15) is 31.4 Å². The molecule has 0 bridgehead atoms. The zero-order valence-electron chi connectivity index (χ0n) is 9.72. The van der Waals surface area contributed by atoms with Crippen molar-refractivity contribution in [1.82, 2.24) is 0 Å². The van der Waals surface area contributed by atoms with Crippen LogP contribution in [-0.4, -0.2) is 11.3 Å². The lowest BCUT2D eigenvalue weighted by Gasteiger charge is -2.13. The van der Waals surface area contributed by atoms with E-state index >= 15 is 0 Å². The van der Waals surface area contributed by atoms with Crippen LogP contribution in [0.5, 0.6) is 0 Å². The first-order valence-electron chi connectivity index (χ1n) is 5.51. The molecular weight excluding hydrogens is 274 g/mol. The molecule has 19 heavy (non-hydrogen) atoms. The van der Waals surface area contributed by atoms with Crippen LogP contribution < -0.4 is 0 Å². The Hall–Kier alpha value is -1.24. The number of aliphatic hydroxyl groups excluding tert-OH is 1. The first kappa shape index (κ1) is 15.8. The van der Waals surface area contributed by atoms with Gasteiger partial charge in [0.25, 0.3) is 0 Å². The molecule has 0 saturated heterocycles. The minimum Gasteiger partial charge on any atom is -0.388 e. The molecule has 108 valence electrons. The highest BCUT2D eigenvalue weighted by Crippen LogP contribution is 2.31. The van der Waals surface area contributed by atoms with E-state index in [4.69, 9.17) is 0 Å². The summed E-state index contributed by atoms with van der Waals surface area (Å²) in [5.74, 6) is 0. The zero-order valence-corrected chi connectivity index (χ0v) is 9.72.